The molecular weight excluding hydrogens is 214 g/mol. The molecule has 0 bridgehead atoms. The predicted octanol–water partition coefficient (Wildman–Crippen LogP) is 2.36. The predicted molar refractivity (Wildman–Crippen MR) is 68.2 cm³/mol. The van der Waals surface area contributed by atoms with Crippen LogP contribution in [0.25, 0.3) is 0 Å². The van der Waals surface area contributed by atoms with Crippen LogP contribution in [0.15, 0.2) is 6.20 Å². The Morgan fingerprint density at radius 1 is 1.59 bits per heavy atom. The van der Waals surface area contributed by atoms with Crippen molar-refractivity contribution in [2.45, 2.75) is 45.7 Å². The van der Waals surface area contributed by atoms with Gasteiger partial charge in [0.25, 0.3) is 0 Å². The highest BCUT2D eigenvalue weighted by Gasteiger charge is 2.26. The van der Waals surface area contributed by atoms with Gasteiger partial charge in [0.05, 0.1) is 25.0 Å². The number of nitrogens with one attached hydrogen (secondary N) is 1. The summed E-state index contributed by atoms with van der Waals surface area (Å²) in [6.45, 7) is 6.55. The first-order valence-electron chi connectivity index (χ1n) is 6.59. The number of ether oxygens (including phenoxy) is 1. The van der Waals surface area contributed by atoms with Crippen molar-refractivity contribution in [1.29, 1.82) is 0 Å². The van der Waals surface area contributed by atoms with Gasteiger partial charge >= 0.3 is 0 Å². The molecule has 17 heavy (non-hydrogen) atoms. The molecule has 0 spiro atoms. The van der Waals surface area contributed by atoms with Crippen molar-refractivity contribution in [2.24, 2.45) is 5.92 Å². The Morgan fingerprint density at radius 2 is 2.41 bits per heavy atom. The molecule has 2 rings (SSSR count). The Bertz CT molecular complexity index is 362. The Hall–Kier alpha value is -1.03. The number of aryl methyl sites for hydroxylation is 1. The zero-order chi connectivity index (χ0) is 12.3. The first-order valence-corrected chi connectivity index (χ1v) is 6.59. The highest BCUT2D eigenvalue weighted by Crippen LogP contribution is 2.32. The van der Waals surface area contributed by atoms with E-state index < -0.39 is 0 Å². The van der Waals surface area contributed by atoms with Crippen molar-refractivity contribution in [2.75, 3.05) is 13.7 Å². The minimum atomic E-state index is 0.391. The van der Waals surface area contributed by atoms with Crippen LogP contribution in [0.5, 0.6) is 5.75 Å². The molecule has 1 aliphatic heterocycles. The summed E-state index contributed by atoms with van der Waals surface area (Å²) in [7, 11) is 1.73. The van der Waals surface area contributed by atoms with Crippen molar-refractivity contribution in [3.05, 3.63) is 11.9 Å². The molecule has 2 atom stereocenters. The summed E-state index contributed by atoms with van der Waals surface area (Å²) in [6.07, 6.45) is 5.37. The van der Waals surface area contributed by atoms with E-state index in [-0.39, 0.29) is 0 Å². The molecule has 0 amide bonds. The minimum Gasteiger partial charge on any atom is -0.493 e. The average Bonchev–Trinajstić information content (AvgIpc) is 2.72. The zero-order valence-electron chi connectivity index (χ0n) is 11.1. The van der Waals surface area contributed by atoms with Gasteiger partial charge in [-0.3, -0.25) is 4.68 Å². The first kappa shape index (κ1) is 12.4. The molecule has 1 aliphatic rings. The smallest absolute Gasteiger partial charge is 0.161 e. The molecule has 2 heterocycles. The van der Waals surface area contributed by atoms with Gasteiger partial charge in [-0.1, -0.05) is 13.8 Å². The molecule has 1 saturated heterocycles. The van der Waals surface area contributed by atoms with Crippen molar-refractivity contribution >= 4 is 0 Å². The third kappa shape index (κ3) is 2.63. The quantitative estimate of drug-likeness (QED) is 0.873. The number of hydrogen-bond acceptors (Lipinski definition) is 3. The van der Waals surface area contributed by atoms with Gasteiger partial charge in [-0.2, -0.15) is 5.10 Å². The SMILES string of the molecule is CCCn1ncc(OC)c1C1CC(C)CCN1. The monoisotopic (exact) mass is 237 g/mol. The average molecular weight is 237 g/mol. The van der Waals surface area contributed by atoms with E-state index in [1.54, 1.807) is 7.11 Å². The van der Waals surface area contributed by atoms with Crippen molar-refractivity contribution < 1.29 is 4.74 Å². The summed E-state index contributed by atoms with van der Waals surface area (Å²) in [5.74, 6) is 1.70. The van der Waals surface area contributed by atoms with Crippen LogP contribution in [-0.2, 0) is 6.54 Å². The fourth-order valence-corrected chi connectivity index (χ4v) is 2.59. The van der Waals surface area contributed by atoms with E-state index in [1.807, 2.05) is 6.20 Å². The molecule has 1 aromatic rings. The van der Waals surface area contributed by atoms with E-state index in [9.17, 15) is 0 Å². The molecule has 1 fully saturated rings. The van der Waals surface area contributed by atoms with Gasteiger partial charge < -0.3 is 10.1 Å². The maximum atomic E-state index is 5.44. The summed E-state index contributed by atoms with van der Waals surface area (Å²) in [6, 6.07) is 0.391. The molecule has 2 unspecified atom stereocenters. The molecule has 0 aliphatic carbocycles. The number of aromatic nitrogens is 2. The van der Waals surface area contributed by atoms with Crippen molar-refractivity contribution in [1.82, 2.24) is 15.1 Å². The second kappa shape index (κ2) is 5.54. The van der Waals surface area contributed by atoms with Gasteiger partial charge in [0.1, 0.15) is 0 Å². The Kier molecular flexibility index (Phi) is 4.05. The van der Waals surface area contributed by atoms with E-state index in [0.717, 1.165) is 31.2 Å². The third-order valence-corrected chi connectivity index (χ3v) is 3.50. The van der Waals surface area contributed by atoms with Gasteiger partial charge in [-0.05, 0) is 31.7 Å². The number of methoxy groups -OCH3 is 1. The second-order valence-electron chi connectivity index (χ2n) is 4.96. The molecule has 96 valence electrons. The van der Waals surface area contributed by atoms with E-state index in [4.69, 9.17) is 4.74 Å². The second-order valence-corrected chi connectivity index (χ2v) is 4.96. The fraction of sp³-hybridized carbons (Fsp3) is 0.769. The van der Waals surface area contributed by atoms with Crippen LogP contribution in [0.3, 0.4) is 0 Å². The number of nitrogens with zero attached hydrogens (tertiary/aromatic N) is 2. The highest BCUT2D eigenvalue weighted by atomic mass is 16.5. The van der Waals surface area contributed by atoms with Gasteiger partial charge in [-0.15, -0.1) is 0 Å². The number of piperidine rings is 1. The number of hydrogen-bond donors (Lipinski definition) is 1. The van der Waals surface area contributed by atoms with Gasteiger partial charge in [-0.25, -0.2) is 0 Å². The molecule has 0 aromatic carbocycles. The molecule has 1 aromatic heterocycles. The van der Waals surface area contributed by atoms with Gasteiger partial charge in [0, 0.05) is 6.54 Å². The lowest BCUT2D eigenvalue weighted by Crippen LogP contribution is -2.32. The molecule has 0 saturated carbocycles. The minimum absolute atomic E-state index is 0.391. The van der Waals surface area contributed by atoms with Crippen LogP contribution in [0.1, 0.15) is 44.8 Å². The summed E-state index contributed by atoms with van der Waals surface area (Å²) < 4.78 is 7.53. The molecule has 1 N–H and O–H groups in total. The zero-order valence-corrected chi connectivity index (χ0v) is 11.1. The topological polar surface area (TPSA) is 39.1 Å². The fourth-order valence-electron chi connectivity index (χ4n) is 2.59. The molecular formula is C13H23N3O. The maximum absolute atomic E-state index is 5.44. The van der Waals surface area contributed by atoms with Crippen molar-refractivity contribution in [3.8, 4) is 5.75 Å². The molecule has 0 radical (unpaired) electrons. The summed E-state index contributed by atoms with van der Waals surface area (Å²) in [5, 5.41) is 8.01. The summed E-state index contributed by atoms with van der Waals surface area (Å²) in [5.41, 5.74) is 1.22. The van der Waals surface area contributed by atoms with Crippen LogP contribution in [0.2, 0.25) is 0 Å². The maximum Gasteiger partial charge on any atom is 0.161 e. The van der Waals surface area contributed by atoms with Crippen molar-refractivity contribution in [3.63, 3.8) is 0 Å². The normalized spacial score (nSPS) is 24.9. The Labute approximate surface area is 103 Å². The lowest BCUT2D eigenvalue weighted by atomic mass is 9.92. The van der Waals surface area contributed by atoms with Gasteiger partial charge in [0.2, 0.25) is 0 Å². The Morgan fingerprint density at radius 3 is 3.06 bits per heavy atom. The van der Waals surface area contributed by atoms with Crippen LogP contribution in [0.4, 0.5) is 0 Å². The van der Waals surface area contributed by atoms with Gasteiger partial charge in [0.15, 0.2) is 5.75 Å². The summed E-state index contributed by atoms with van der Waals surface area (Å²) >= 11 is 0. The van der Waals surface area contributed by atoms with Crippen LogP contribution in [0, 0.1) is 5.92 Å². The Balaban J connectivity index is 2.24. The van der Waals surface area contributed by atoms with Crippen LogP contribution >= 0.6 is 0 Å². The highest BCUT2D eigenvalue weighted by molar-refractivity contribution is 5.28. The van der Waals surface area contributed by atoms with E-state index in [1.165, 1.54) is 18.5 Å². The first-order chi connectivity index (χ1) is 8.26. The summed E-state index contributed by atoms with van der Waals surface area (Å²) in [4.78, 5) is 0. The van der Waals surface area contributed by atoms with E-state index >= 15 is 0 Å². The van der Waals surface area contributed by atoms with E-state index in [2.05, 4.69) is 28.9 Å². The standard InChI is InChI=1S/C13H23N3O/c1-4-7-16-13(12(17-3)9-15-16)11-8-10(2)5-6-14-11/h9-11,14H,4-8H2,1-3H3. The molecule has 4 nitrogen and oxygen atoms in total. The largest absolute Gasteiger partial charge is 0.493 e. The lowest BCUT2D eigenvalue weighted by molar-refractivity contribution is 0.301. The number of rotatable bonds is 4. The van der Waals surface area contributed by atoms with Crippen LogP contribution in [-0.4, -0.2) is 23.4 Å². The third-order valence-electron chi connectivity index (χ3n) is 3.50. The lowest BCUT2D eigenvalue weighted by Gasteiger charge is -2.29. The van der Waals surface area contributed by atoms with E-state index in [0.29, 0.717) is 6.04 Å². The van der Waals surface area contributed by atoms with Crippen LogP contribution < -0.4 is 10.1 Å². The molecule has 4 heteroatoms.